The summed E-state index contributed by atoms with van der Waals surface area (Å²) in [5, 5.41) is 0. The van der Waals surface area contributed by atoms with Crippen molar-refractivity contribution in [3.05, 3.63) is 29.8 Å². The van der Waals surface area contributed by atoms with Crippen LogP contribution in [0.2, 0.25) is 0 Å². The molecule has 2 heteroatoms. The molecule has 1 aromatic carbocycles. The first kappa shape index (κ1) is 13.4. The summed E-state index contributed by atoms with van der Waals surface area (Å²) in [5.74, 6) is 2.34. The van der Waals surface area contributed by atoms with E-state index in [0.29, 0.717) is 5.92 Å². The van der Waals surface area contributed by atoms with E-state index in [9.17, 15) is 0 Å². The Labute approximate surface area is 105 Å². The summed E-state index contributed by atoms with van der Waals surface area (Å²) >= 11 is 4.26. The smallest absolute Gasteiger partial charge is 0.123 e. The Hall–Kier alpha value is -0.630. The summed E-state index contributed by atoms with van der Waals surface area (Å²) in [5.41, 5.74) is 1.39. The van der Waals surface area contributed by atoms with Crippen LogP contribution in [0, 0.1) is 5.92 Å². The maximum absolute atomic E-state index is 5.87. The first-order chi connectivity index (χ1) is 7.45. The molecule has 0 N–H and O–H groups in total. The average Bonchev–Trinajstić information content (AvgIpc) is 2.25. The first-order valence-electron chi connectivity index (χ1n) is 5.78. The van der Waals surface area contributed by atoms with E-state index in [-0.39, 0.29) is 5.41 Å². The number of thiol groups is 1. The lowest BCUT2D eigenvalue weighted by Gasteiger charge is -2.23. The molecule has 0 saturated heterocycles. The zero-order chi connectivity index (χ0) is 12.2. The van der Waals surface area contributed by atoms with Crippen LogP contribution >= 0.6 is 12.6 Å². The van der Waals surface area contributed by atoms with Crippen molar-refractivity contribution >= 4 is 12.6 Å². The molecule has 0 saturated carbocycles. The molecule has 16 heavy (non-hydrogen) atoms. The normalized spacial score (nSPS) is 13.6. The van der Waals surface area contributed by atoms with Crippen molar-refractivity contribution in [1.82, 2.24) is 0 Å². The third kappa shape index (κ3) is 3.75. The van der Waals surface area contributed by atoms with E-state index in [4.69, 9.17) is 4.74 Å². The van der Waals surface area contributed by atoms with Crippen LogP contribution in [-0.4, -0.2) is 12.4 Å². The lowest BCUT2D eigenvalue weighted by Crippen LogP contribution is -2.16. The van der Waals surface area contributed by atoms with Crippen LogP contribution in [0.25, 0.3) is 0 Å². The van der Waals surface area contributed by atoms with E-state index in [1.807, 2.05) is 12.1 Å². The van der Waals surface area contributed by atoms with Gasteiger partial charge in [-0.15, -0.1) is 0 Å². The Balaban J connectivity index is 2.80. The van der Waals surface area contributed by atoms with Crippen molar-refractivity contribution in [2.75, 3.05) is 12.4 Å². The van der Waals surface area contributed by atoms with Crippen LogP contribution < -0.4 is 4.74 Å². The molecule has 90 valence electrons. The lowest BCUT2D eigenvalue weighted by atomic mass is 9.86. The van der Waals surface area contributed by atoms with E-state index < -0.39 is 0 Å². The van der Waals surface area contributed by atoms with E-state index >= 15 is 0 Å². The number of hydrogen-bond acceptors (Lipinski definition) is 2. The van der Waals surface area contributed by atoms with Gasteiger partial charge in [-0.3, -0.25) is 0 Å². The number of ether oxygens (including phenoxy) is 1. The number of rotatable bonds is 4. The molecule has 0 fully saturated rings. The van der Waals surface area contributed by atoms with Crippen molar-refractivity contribution in [3.8, 4) is 5.75 Å². The molecule has 1 rings (SSSR count). The molecule has 1 unspecified atom stereocenters. The average molecular weight is 238 g/mol. The fourth-order valence-electron chi connectivity index (χ4n) is 1.50. The predicted molar refractivity (Wildman–Crippen MR) is 73.7 cm³/mol. The van der Waals surface area contributed by atoms with Crippen LogP contribution in [0.15, 0.2) is 24.3 Å². The Morgan fingerprint density at radius 2 is 1.88 bits per heavy atom. The second kappa shape index (κ2) is 5.62. The largest absolute Gasteiger partial charge is 0.493 e. The summed E-state index contributed by atoms with van der Waals surface area (Å²) in [7, 11) is 0. The highest BCUT2D eigenvalue weighted by Gasteiger charge is 2.18. The Bertz CT molecular complexity index is 328. The van der Waals surface area contributed by atoms with Crippen molar-refractivity contribution in [2.24, 2.45) is 5.92 Å². The van der Waals surface area contributed by atoms with E-state index in [2.05, 4.69) is 52.5 Å². The monoisotopic (exact) mass is 238 g/mol. The fraction of sp³-hybridized carbons (Fsp3) is 0.571. The second-order valence-electron chi connectivity index (χ2n) is 5.34. The van der Waals surface area contributed by atoms with E-state index in [0.717, 1.165) is 18.1 Å². The number of para-hydroxylation sites is 1. The Morgan fingerprint density at radius 1 is 1.25 bits per heavy atom. The van der Waals surface area contributed by atoms with Gasteiger partial charge in [0.1, 0.15) is 5.75 Å². The van der Waals surface area contributed by atoms with Gasteiger partial charge in [-0.05, 0) is 28.7 Å². The zero-order valence-electron chi connectivity index (χ0n) is 10.7. The van der Waals surface area contributed by atoms with Gasteiger partial charge in [0.25, 0.3) is 0 Å². The van der Waals surface area contributed by atoms with Crippen molar-refractivity contribution in [1.29, 1.82) is 0 Å². The summed E-state index contributed by atoms with van der Waals surface area (Å²) in [6, 6.07) is 8.28. The van der Waals surface area contributed by atoms with Gasteiger partial charge in [0, 0.05) is 0 Å². The second-order valence-corrected chi connectivity index (χ2v) is 5.71. The van der Waals surface area contributed by atoms with Gasteiger partial charge in [-0.1, -0.05) is 45.9 Å². The van der Waals surface area contributed by atoms with E-state index in [1.54, 1.807) is 0 Å². The summed E-state index contributed by atoms with van der Waals surface area (Å²) in [6.07, 6.45) is 0. The molecule has 0 heterocycles. The van der Waals surface area contributed by atoms with Crippen LogP contribution in [0.3, 0.4) is 0 Å². The lowest BCUT2D eigenvalue weighted by molar-refractivity contribution is 0.267. The molecule has 0 aliphatic carbocycles. The molecule has 0 aliphatic heterocycles. The highest BCUT2D eigenvalue weighted by atomic mass is 32.1. The maximum atomic E-state index is 5.87. The summed E-state index contributed by atoms with van der Waals surface area (Å²) in [4.78, 5) is 0. The SMILES string of the molecule is CC(CS)COc1ccccc1C(C)(C)C. The molecule has 0 aromatic heterocycles. The van der Waals surface area contributed by atoms with Crippen LogP contribution in [0.4, 0.5) is 0 Å². The van der Waals surface area contributed by atoms with Crippen molar-refractivity contribution in [3.63, 3.8) is 0 Å². The molecule has 1 aromatic rings. The molecule has 0 aliphatic rings. The molecule has 1 nitrogen and oxygen atoms in total. The standard InChI is InChI=1S/C14H22OS/c1-11(10-16)9-15-13-8-6-5-7-12(13)14(2,3)4/h5-8,11,16H,9-10H2,1-4H3. The molecule has 0 amide bonds. The third-order valence-corrected chi connectivity index (χ3v) is 3.15. The van der Waals surface area contributed by atoms with Gasteiger partial charge in [0.2, 0.25) is 0 Å². The maximum Gasteiger partial charge on any atom is 0.123 e. The van der Waals surface area contributed by atoms with Gasteiger partial charge >= 0.3 is 0 Å². The van der Waals surface area contributed by atoms with Gasteiger partial charge in [-0.2, -0.15) is 12.6 Å². The topological polar surface area (TPSA) is 9.23 Å². The molecular formula is C14H22OS. The van der Waals surface area contributed by atoms with Crippen LogP contribution in [0.1, 0.15) is 33.3 Å². The predicted octanol–water partition coefficient (Wildman–Crippen LogP) is 3.93. The van der Waals surface area contributed by atoms with Crippen LogP contribution in [0.5, 0.6) is 5.75 Å². The highest BCUT2D eigenvalue weighted by Crippen LogP contribution is 2.31. The van der Waals surface area contributed by atoms with Gasteiger partial charge in [0.05, 0.1) is 6.61 Å². The third-order valence-electron chi connectivity index (χ3n) is 2.53. The molecule has 0 spiro atoms. The number of hydrogen-bond donors (Lipinski definition) is 1. The first-order valence-corrected chi connectivity index (χ1v) is 6.41. The minimum Gasteiger partial charge on any atom is -0.493 e. The van der Waals surface area contributed by atoms with E-state index in [1.165, 1.54) is 5.56 Å². The highest BCUT2D eigenvalue weighted by molar-refractivity contribution is 7.80. The minimum atomic E-state index is 0.126. The molecule has 1 atom stereocenters. The minimum absolute atomic E-state index is 0.126. The summed E-state index contributed by atoms with van der Waals surface area (Å²) < 4.78 is 5.87. The quantitative estimate of drug-likeness (QED) is 0.782. The zero-order valence-corrected chi connectivity index (χ0v) is 11.6. The van der Waals surface area contributed by atoms with Gasteiger partial charge < -0.3 is 4.74 Å². The fourth-order valence-corrected chi connectivity index (χ4v) is 1.60. The number of benzene rings is 1. The molecule has 0 radical (unpaired) electrons. The van der Waals surface area contributed by atoms with Gasteiger partial charge in [-0.25, -0.2) is 0 Å². The Kier molecular flexibility index (Phi) is 4.72. The van der Waals surface area contributed by atoms with Gasteiger partial charge in [0.15, 0.2) is 0 Å². The summed E-state index contributed by atoms with van der Waals surface area (Å²) in [6.45, 7) is 9.50. The molecular weight excluding hydrogens is 216 g/mol. The van der Waals surface area contributed by atoms with Crippen molar-refractivity contribution in [2.45, 2.75) is 33.1 Å². The van der Waals surface area contributed by atoms with Crippen LogP contribution in [-0.2, 0) is 5.41 Å². The Morgan fingerprint density at radius 3 is 2.44 bits per heavy atom. The molecule has 0 bridgehead atoms. The van der Waals surface area contributed by atoms with Crippen molar-refractivity contribution < 1.29 is 4.74 Å².